The number of pyridine rings is 2. The molecule has 150 valence electrons. The highest BCUT2D eigenvalue weighted by Crippen LogP contribution is 2.30. The lowest BCUT2D eigenvalue weighted by Crippen LogP contribution is -2.50. The molecule has 0 saturated carbocycles. The van der Waals surface area contributed by atoms with Gasteiger partial charge in [-0.1, -0.05) is 77.7 Å². The Balaban J connectivity index is 1.41. The zero-order chi connectivity index (χ0) is 22.2. The molecule has 4 heteroatoms. The van der Waals surface area contributed by atoms with Crippen LogP contribution in [0.4, 0.5) is 0 Å². The molecular weight excluding hydrogens is 391 g/mol. The lowest BCUT2D eigenvalue weighted by molar-refractivity contribution is 0.463. The summed E-state index contributed by atoms with van der Waals surface area (Å²) in [5.41, 5.74) is 8.33. The second-order valence-electron chi connectivity index (χ2n) is 7.81. The maximum absolute atomic E-state index is 7.70. The van der Waals surface area contributed by atoms with Crippen molar-refractivity contribution in [3.8, 4) is 33.9 Å². The van der Waals surface area contributed by atoms with Crippen molar-refractivity contribution in [2.75, 3.05) is 0 Å². The average Bonchev–Trinajstić information content (AvgIpc) is 3.18. The van der Waals surface area contributed by atoms with Gasteiger partial charge in [-0.25, -0.2) is 4.98 Å². The lowest BCUT2D eigenvalue weighted by Gasteiger charge is -2.12. The quantitative estimate of drug-likeness (QED) is 0.403. The maximum Gasteiger partial charge on any atom is 0.266 e. The molecule has 0 radical (unpaired) electrons. The second kappa shape index (κ2) is 7.82. The minimum Gasteiger partial charge on any atom is -0.439 e. The van der Waals surface area contributed by atoms with Crippen LogP contribution in [0.1, 0.15) is 1.37 Å². The molecule has 6 rings (SSSR count). The highest BCUT2D eigenvalue weighted by Gasteiger charge is 2.34. The molecule has 3 aromatic carbocycles. The number of nitrogens with zero attached hydrogens (tertiary/aromatic N) is 2. The molecule has 0 saturated heterocycles. The smallest absolute Gasteiger partial charge is 0.266 e. The summed E-state index contributed by atoms with van der Waals surface area (Å²) >= 11 is 0. The van der Waals surface area contributed by atoms with Gasteiger partial charge in [0.1, 0.15) is 5.75 Å². The first-order valence-electron chi connectivity index (χ1n) is 11.1. The summed E-state index contributed by atoms with van der Waals surface area (Å²) in [7, 11) is 0. The number of rotatable bonds is 4. The molecule has 2 aromatic heterocycles. The zero-order valence-corrected chi connectivity index (χ0v) is 17.3. The Morgan fingerprint density at radius 2 is 1.50 bits per heavy atom. The zero-order valence-electron chi connectivity index (χ0n) is 18.3. The normalized spacial score (nSPS) is 12.1. The molecule has 0 fully saturated rings. The minimum absolute atomic E-state index is 0.112. The van der Waals surface area contributed by atoms with Crippen molar-refractivity contribution in [2.24, 2.45) is 0 Å². The van der Waals surface area contributed by atoms with E-state index in [-0.39, 0.29) is 12.9 Å². The van der Waals surface area contributed by atoms with E-state index >= 15 is 0 Å². The number of hydrogen-bond acceptors (Lipinski definition) is 3. The van der Waals surface area contributed by atoms with E-state index in [1.165, 1.54) is 22.1 Å². The summed E-state index contributed by atoms with van der Waals surface area (Å²) < 4.78 is 13.6. The number of fused-ring (bicyclic) bond motifs is 3. The van der Waals surface area contributed by atoms with Crippen molar-refractivity contribution in [2.45, 2.75) is 0 Å². The van der Waals surface area contributed by atoms with Gasteiger partial charge in [0.2, 0.25) is 5.88 Å². The first kappa shape index (κ1) is 17.5. The molecule has 0 N–H and O–H groups in total. The molecule has 0 spiro atoms. The van der Waals surface area contributed by atoms with Crippen molar-refractivity contribution >= 4 is 23.2 Å². The predicted octanol–water partition coefficient (Wildman–Crippen LogP) is 4.43. The third-order valence-corrected chi connectivity index (χ3v) is 5.88. The van der Waals surface area contributed by atoms with Crippen molar-refractivity contribution in [3.05, 3.63) is 115 Å². The molecule has 1 aliphatic heterocycles. The fourth-order valence-corrected chi connectivity index (χ4v) is 4.48. The number of hydrogen-bond donors (Lipinski definition) is 0. The van der Waals surface area contributed by atoms with Crippen molar-refractivity contribution in [3.63, 3.8) is 0 Å². The van der Waals surface area contributed by atoms with E-state index in [2.05, 4.69) is 64.6 Å². The van der Waals surface area contributed by atoms with Gasteiger partial charge in [-0.15, -0.1) is 0 Å². The highest BCUT2D eigenvalue weighted by molar-refractivity contribution is 6.98. The fourth-order valence-electron chi connectivity index (χ4n) is 4.48. The van der Waals surface area contributed by atoms with Crippen LogP contribution in [0.3, 0.4) is 0 Å². The van der Waals surface area contributed by atoms with E-state index < -0.39 is 0 Å². The van der Waals surface area contributed by atoms with Crippen LogP contribution in [0.5, 0.6) is 11.6 Å². The van der Waals surface area contributed by atoms with Crippen LogP contribution >= 0.6 is 0 Å². The summed E-state index contributed by atoms with van der Waals surface area (Å²) in [6.45, 7) is 0.112. The minimum atomic E-state index is 0.112. The molecule has 3 nitrogen and oxygen atoms in total. The van der Waals surface area contributed by atoms with E-state index in [4.69, 9.17) is 6.11 Å². The van der Waals surface area contributed by atoms with Gasteiger partial charge in [-0.2, -0.15) is 0 Å². The molecular formula is C28H19BN2O. The first-order valence-corrected chi connectivity index (χ1v) is 10.6. The Labute approximate surface area is 188 Å². The van der Waals surface area contributed by atoms with Gasteiger partial charge in [0, 0.05) is 24.0 Å². The van der Waals surface area contributed by atoms with Crippen LogP contribution in [-0.4, -0.2) is 16.7 Å². The Bertz CT molecular complexity index is 1470. The molecule has 32 heavy (non-hydrogen) atoms. The van der Waals surface area contributed by atoms with Gasteiger partial charge in [0.05, 0.1) is 1.37 Å². The van der Waals surface area contributed by atoms with Crippen LogP contribution in [0.2, 0.25) is 0 Å². The Kier molecular flexibility index (Phi) is 4.28. The third kappa shape index (κ3) is 3.26. The average molecular weight is 411 g/mol. The van der Waals surface area contributed by atoms with Gasteiger partial charge in [0.15, 0.2) is 0 Å². The summed E-state index contributed by atoms with van der Waals surface area (Å²) in [5.74, 6) is 1.11. The second-order valence-corrected chi connectivity index (χ2v) is 7.81. The van der Waals surface area contributed by atoms with E-state index in [1.54, 1.807) is 18.2 Å². The fraction of sp³-hybridized carbons (Fsp3) is 0. The monoisotopic (exact) mass is 411 g/mol. The SMILES string of the molecule is [2H]c1cccc(Oc2cccc(-c3ccc4c(c3)B(c3ccccn3)c3ccccc3-4)c2)n1. The van der Waals surface area contributed by atoms with Crippen LogP contribution in [0.15, 0.2) is 115 Å². The van der Waals surface area contributed by atoms with Crippen LogP contribution in [-0.2, 0) is 0 Å². The molecule has 0 bridgehead atoms. The van der Waals surface area contributed by atoms with Crippen LogP contribution in [0.25, 0.3) is 22.3 Å². The van der Waals surface area contributed by atoms with Gasteiger partial charge in [0.25, 0.3) is 6.71 Å². The number of ether oxygens (including phenoxy) is 1. The standard InChI is InChI=1S/C28H19BN2O/c1-2-11-25-23(10-1)24-15-14-21(19-26(24)29(25)27-12-3-5-16-30-27)20-8-7-9-22(18-20)32-28-13-4-6-17-31-28/h1-19H/i17D. The highest BCUT2D eigenvalue weighted by atomic mass is 16.5. The molecule has 0 atom stereocenters. The summed E-state index contributed by atoms with van der Waals surface area (Å²) in [5, 5.41) is 0. The van der Waals surface area contributed by atoms with E-state index in [0.29, 0.717) is 11.6 Å². The first-order chi connectivity index (χ1) is 16.3. The third-order valence-electron chi connectivity index (χ3n) is 5.88. The summed E-state index contributed by atoms with van der Waals surface area (Å²) in [6.07, 6.45) is 2.04. The Hall–Kier alpha value is -4.18. The molecule has 0 amide bonds. The van der Waals surface area contributed by atoms with Gasteiger partial charge >= 0.3 is 0 Å². The molecule has 0 unspecified atom stereocenters. The maximum atomic E-state index is 7.70. The van der Waals surface area contributed by atoms with Crippen LogP contribution in [0, 0.1) is 0 Å². The Morgan fingerprint density at radius 3 is 2.41 bits per heavy atom. The topological polar surface area (TPSA) is 35.0 Å². The van der Waals surface area contributed by atoms with E-state index in [1.807, 2.05) is 36.5 Å². The number of benzene rings is 3. The summed E-state index contributed by atoms with van der Waals surface area (Å²) in [6, 6.07) is 34.5. The van der Waals surface area contributed by atoms with Gasteiger partial charge in [-0.3, -0.25) is 4.98 Å². The van der Waals surface area contributed by atoms with Crippen molar-refractivity contribution < 1.29 is 6.11 Å². The number of aromatic nitrogens is 2. The lowest BCUT2D eigenvalue weighted by atomic mass is 9.40. The molecule has 3 heterocycles. The summed E-state index contributed by atoms with van der Waals surface area (Å²) in [4.78, 5) is 8.81. The van der Waals surface area contributed by atoms with E-state index in [9.17, 15) is 0 Å². The molecule has 5 aromatic rings. The van der Waals surface area contributed by atoms with Crippen molar-refractivity contribution in [1.29, 1.82) is 0 Å². The van der Waals surface area contributed by atoms with Gasteiger partial charge < -0.3 is 4.74 Å². The van der Waals surface area contributed by atoms with Crippen LogP contribution < -0.4 is 21.3 Å². The Morgan fingerprint density at radius 1 is 0.656 bits per heavy atom. The largest absolute Gasteiger partial charge is 0.439 e. The van der Waals surface area contributed by atoms with E-state index in [0.717, 1.165) is 16.7 Å². The molecule has 0 aliphatic carbocycles. The predicted molar refractivity (Wildman–Crippen MR) is 131 cm³/mol. The van der Waals surface area contributed by atoms with Crippen molar-refractivity contribution in [1.82, 2.24) is 9.97 Å². The van der Waals surface area contributed by atoms with Gasteiger partial charge in [-0.05, 0) is 52.6 Å². The molecule has 1 aliphatic rings.